The predicted molar refractivity (Wildman–Crippen MR) is 88.7 cm³/mol. The smallest absolute Gasteiger partial charge is 0.245 e. The molecule has 0 heterocycles. The van der Waals surface area contributed by atoms with Crippen molar-refractivity contribution in [2.24, 2.45) is 0 Å². The number of anilines is 2. The van der Waals surface area contributed by atoms with E-state index >= 15 is 0 Å². The van der Waals surface area contributed by atoms with Crippen LogP contribution in [0.1, 0.15) is 0 Å². The largest absolute Gasteiger partial charge is 0.325 e. The van der Waals surface area contributed by atoms with E-state index in [1.54, 1.807) is 12.1 Å². The first-order valence-corrected chi connectivity index (χ1v) is 8.77. The summed E-state index contributed by atoms with van der Waals surface area (Å²) in [5.41, 5.74) is 0.658. The second-order valence-corrected chi connectivity index (χ2v) is 7.15. The molecule has 0 saturated carbocycles. The van der Waals surface area contributed by atoms with Crippen molar-refractivity contribution in [2.45, 2.75) is 0 Å². The lowest BCUT2D eigenvalue weighted by Gasteiger charge is -2.22. The second-order valence-electron chi connectivity index (χ2n) is 4.80. The van der Waals surface area contributed by atoms with Crippen LogP contribution in [0.3, 0.4) is 0 Å². The highest BCUT2D eigenvalue weighted by molar-refractivity contribution is 7.92. The van der Waals surface area contributed by atoms with Crippen LogP contribution >= 0.6 is 11.6 Å². The monoisotopic (exact) mass is 356 g/mol. The molecule has 0 radical (unpaired) electrons. The molecular formula is C15H14ClFN2O3S. The second kappa shape index (κ2) is 6.97. The van der Waals surface area contributed by atoms with Gasteiger partial charge in [0.1, 0.15) is 12.4 Å². The summed E-state index contributed by atoms with van der Waals surface area (Å²) in [6.45, 7) is -0.420. The summed E-state index contributed by atoms with van der Waals surface area (Å²) in [6, 6.07) is 11.3. The van der Waals surface area contributed by atoms with Crippen molar-refractivity contribution in [3.63, 3.8) is 0 Å². The number of halogens is 2. The third-order valence-corrected chi connectivity index (χ3v) is 4.29. The Balaban J connectivity index is 2.18. The molecule has 0 saturated heterocycles. The summed E-state index contributed by atoms with van der Waals surface area (Å²) in [7, 11) is -3.67. The average molecular weight is 357 g/mol. The Morgan fingerprint density at radius 3 is 2.43 bits per heavy atom. The maximum atomic E-state index is 12.8. The van der Waals surface area contributed by atoms with Gasteiger partial charge in [-0.3, -0.25) is 9.10 Å². The van der Waals surface area contributed by atoms with E-state index in [9.17, 15) is 17.6 Å². The van der Waals surface area contributed by atoms with Gasteiger partial charge in [0.15, 0.2) is 0 Å². The van der Waals surface area contributed by atoms with Gasteiger partial charge in [0.05, 0.1) is 11.9 Å². The van der Waals surface area contributed by atoms with Gasteiger partial charge in [0, 0.05) is 10.7 Å². The van der Waals surface area contributed by atoms with E-state index in [0.29, 0.717) is 10.7 Å². The number of carbonyl (C=O) groups excluding carboxylic acids is 1. The van der Waals surface area contributed by atoms with Crippen molar-refractivity contribution in [3.05, 3.63) is 59.4 Å². The minimum Gasteiger partial charge on any atom is -0.325 e. The molecule has 2 rings (SSSR count). The molecule has 1 N–H and O–H groups in total. The maximum absolute atomic E-state index is 12.8. The maximum Gasteiger partial charge on any atom is 0.245 e. The van der Waals surface area contributed by atoms with E-state index in [2.05, 4.69) is 5.32 Å². The van der Waals surface area contributed by atoms with Crippen molar-refractivity contribution in [3.8, 4) is 0 Å². The SMILES string of the molecule is CS(=O)(=O)N(CC(=O)Nc1ccc(F)cc1)c1cccc(Cl)c1. The molecule has 0 fully saturated rings. The lowest BCUT2D eigenvalue weighted by Crippen LogP contribution is -2.37. The van der Waals surface area contributed by atoms with Crippen molar-refractivity contribution < 1.29 is 17.6 Å². The Morgan fingerprint density at radius 1 is 1.22 bits per heavy atom. The van der Waals surface area contributed by atoms with Crippen molar-refractivity contribution in [2.75, 3.05) is 22.4 Å². The first kappa shape index (κ1) is 17.2. The molecule has 0 aromatic heterocycles. The summed E-state index contributed by atoms with van der Waals surface area (Å²) < 4.78 is 37.6. The van der Waals surface area contributed by atoms with Gasteiger partial charge in [0.25, 0.3) is 0 Å². The molecule has 8 heteroatoms. The zero-order chi connectivity index (χ0) is 17.0. The van der Waals surface area contributed by atoms with Crippen molar-refractivity contribution >= 4 is 38.9 Å². The number of hydrogen-bond acceptors (Lipinski definition) is 3. The summed E-state index contributed by atoms with van der Waals surface area (Å²) in [6.07, 6.45) is 0.999. The van der Waals surface area contributed by atoms with Crippen LogP contribution < -0.4 is 9.62 Å². The highest BCUT2D eigenvalue weighted by atomic mass is 35.5. The Hall–Kier alpha value is -2.12. The molecule has 0 bridgehead atoms. The fraction of sp³-hybridized carbons (Fsp3) is 0.133. The summed E-state index contributed by atoms with van der Waals surface area (Å²) in [5, 5.41) is 2.87. The molecule has 23 heavy (non-hydrogen) atoms. The van der Waals surface area contributed by atoms with Gasteiger partial charge in [-0.15, -0.1) is 0 Å². The van der Waals surface area contributed by atoms with Crippen LogP contribution in [0.4, 0.5) is 15.8 Å². The zero-order valence-electron chi connectivity index (χ0n) is 12.2. The number of sulfonamides is 1. The van der Waals surface area contributed by atoms with E-state index in [1.807, 2.05) is 0 Å². The number of nitrogens with zero attached hydrogens (tertiary/aromatic N) is 1. The fourth-order valence-electron chi connectivity index (χ4n) is 1.90. The Bertz CT molecular complexity index is 810. The Kier molecular flexibility index (Phi) is 5.23. The minimum absolute atomic E-state index is 0.286. The lowest BCUT2D eigenvalue weighted by molar-refractivity contribution is -0.114. The van der Waals surface area contributed by atoms with E-state index in [1.165, 1.54) is 36.4 Å². The molecule has 2 aromatic carbocycles. The molecule has 0 unspecified atom stereocenters. The van der Waals surface area contributed by atoms with E-state index in [4.69, 9.17) is 11.6 Å². The number of hydrogen-bond donors (Lipinski definition) is 1. The fourth-order valence-corrected chi connectivity index (χ4v) is 2.93. The minimum atomic E-state index is -3.67. The first-order valence-electron chi connectivity index (χ1n) is 6.54. The molecule has 122 valence electrons. The van der Waals surface area contributed by atoms with Crippen molar-refractivity contribution in [1.29, 1.82) is 0 Å². The Labute approximate surface area is 138 Å². The summed E-state index contributed by atoms with van der Waals surface area (Å²) in [5.74, 6) is -0.985. The van der Waals surface area contributed by atoms with Crippen LogP contribution in [-0.2, 0) is 14.8 Å². The van der Waals surface area contributed by atoms with Crippen LogP contribution in [0, 0.1) is 5.82 Å². The molecule has 0 aliphatic carbocycles. The van der Waals surface area contributed by atoms with Crippen LogP contribution in [0.5, 0.6) is 0 Å². The Morgan fingerprint density at radius 2 is 1.87 bits per heavy atom. The average Bonchev–Trinajstić information content (AvgIpc) is 2.46. The number of rotatable bonds is 5. The van der Waals surface area contributed by atoms with E-state index in [0.717, 1.165) is 10.6 Å². The molecule has 2 aromatic rings. The van der Waals surface area contributed by atoms with E-state index in [-0.39, 0.29) is 5.69 Å². The van der Waals surface area contributed by atoms with Gasteiger partial charge in [-0.1, -0.05) is 17.7 Å². The van der Waals surface area contributed by atoms with Crippen LogP contribution in [0.25, 0.3) is 0 Å². The first-order chi connectivity index (χ1) is 10.8. The predicted octanol–water partition coefficient (Wildman–Crippen LogP) is 2.88. The highest BCUT2D eigenvalue weighted by Crippen LogP contribution is 2.21. The van der Waals surface area contributed by atoms with Crippen LogP contribution in [0.15, 0.2) is 48.5 Å². The molecule has 0 spiro atoms. The highest BCUT2D eigenvalue weighted by Gasteiger charge is 2.21. The molecular weight excluding hydrogens is 343 g/mol. The number of carbonyl (C=O) groups is 1. The van der Waals surface area contributed by atoms with Gasteiger partial charge in [0.2, 0.25) is 15.9 Å². The quantitative estimate of drug-likeness (QED) is 0.895. The third-order valence-electron chi connectivity index (χ3n) is 2.91. The van der Waals surface area contributed by atoms with E-state index < -0.39 is 28.3 Å². The van der Waals surface area contributed by atoms with Gasteiger partial charge in [-0.2, -0.15) is 0 Å². The summed E-state index contributed by atoms with van der Waals surface area (Å²) >= 11 is 5.86. The molecule has 1 amide bonds. The standard InChI is InChI=1S/C15H14ClFN2O3S/c1-23(21,22)19(14-4-2-3-11(16)9-14)10-15(20)18-13-7-5-12(17)6-8-13/h2-9H,10H2,1H3,(H,18,20). The molecule has 0 atom stereocenters. The van der Waals surface area contributed by atoms with Gasteiger partial charge < -0.3 is 5.32 Å². The lowest BCUT2D eigenvalue weighted by atomic mass is 10.3. The molecule has 0 aliphatic rings. The van der Waals surface area contributed by atoms with Gasteiger partial charge in [-0.25, -0.2) is 12.8 Å². The number of benzene rings is 2. The third kappa shape index (κ3) is 4.94. The van der Waals surface area contributed by atoms with Gasteiger partial charge in [-0.05, 0) is 42.5 Å². The number of nitrogens with one attached hydrogen (secondary N) is 1. The molecule has 5 nitrogen and oxygen atoms in total. The summed E-state index contributed by atoms with van der Waals surface area (Å²) in [4.78, 5) is 12.1. The number of amides is 1. The topological polar surface area (TPSA) is 66.5 Å². The molecule has 0 aliphatic heterocycles. The van der Waals surface area contributed by atoms with Crippen LogP contribution in [0.2, 0.25) is 5.02 Å². The normalized spacial score (nSPS) is 11.1. The van der Waals surface area contributed by atoms with Crippen molar-refractivity contribution in [1.82, 2.24) is 0 Å². The van der Waals surface area contributed by atoms with Gasteiger partial charge >= 0.3 is 0 Å². The van der Waals surface area contributed by atoms with Crippen LogP contribution in [-0.4, -0.2) is 27.1 Å². The zero-order valence-corrected chi connectivity index (χ0v) is 13.7.